The van der Waals surface area contributed by atoms with Crippen molar-refractivity contribution in [3.63, 3.8) is 0 Å². The van der Waals surface area contributed by atoms with Crippen LogP contribution in [0.2, 0.25) is 0 Å². The third-order valence-electron chi connectivity index (χ3n) is 2.17. The van der Waals surface area contributed by atoms with E-state index in [1.54, 1.807) is 0 Å². The van der Waals surface area contributed by atoms with E-state index in [2.05, 4.69) is 0 Å². The van der Waals surface area contributed by atoms with Gasteiger partial charge in [0.15, 0.2) is 15.1 Å². The van der Waals surface area contributed by atoms with Gasteiger partial charge in [-0.15, -0.1) is 0 Å². The first-order valence-electron chi connectivity index (χ1n) is 4.86. The molecular formula is C9H18O4S. The lowest BCUT2D eigenvalue weighted by Crippen LogP contribution is -2.29. The lowest BCUT2D eigenvalue weighted by molar-refractivity contribution is -0.136. The van der Waals surface area contributed by atoms with Crippen molar-refractivity contribution in [3.05, 3.63) is 0 Å². The SMILES string of the molecule is CCCCCCS(=O)(=O)C(C)C(=O)O. The summed E-state index contributed by atoms with van der Waals surface area (Å²) in [5, 5.41) is 7.27. The Hall–Kier alpha value is -0.580. The van der Waals surface area contributed by atoms with Crippen molar-refractivity contribution in [1.29, 1.82) is 0 Å². The fourth-order valence-corrected chi connectivity index (χ4v) is 2.33. The van der Waals surface area contributed by atoms with Gasteiger partial charge in [0.1, 0.15) is 0 Å². The Morgan fingerprint density at radius 2 is 1.86 bits per heavy atom. The Balaban J connectivity index is 4.02. The van der Waals surface area contributed by atoms with Crippen LogP contribution in [0.3, 0.4) is 0 Å². The van der Waals surface area contributed by atoms with Crippen LogP contribution in [0.1, 0.15) is 39.5 Å². The summed E-state index contributed by atoms with van der Waals surface area (Å²) in [6.45, 7) is 3.26. The molecule has 0 bridgehead atoms. The van der Waals surface area contributed by atoms with Crippen LogP contribution in [0, 0.1) is 0 Å². The zero-order chi connectivity index (χ0) is 11.2. The van der Waals surface area contributed by atoms with Crippen molar-refractivity contribution in [1.82, 2.24) is 0 Å². The molecule has 1 unspecified atom stereocenters. The molecule has 0 aliphatic carbocycles. The average Bonchev–Trinajstić information content (AvgIpc) is 2.11. The number of carbonyl (C=O) groups is 1. The largest absolute Gasteiger partial charge is 0.480 e. The van der Waals surface area contributed by atoms with E-state index in [1.165, 1.54) is 6.92 Å². The number of aliphatic carboxylic acids is 1. The Kier molecular flexibility index (Phi) is 5.76. The second-order valence-corrected chi connectivity index (χ2v) is 5.85. The lowest BCUT2D eigenvalue weighted by Gasteiger charge is -2.07. The quantitative estimate of drug-likeness (QED) is 0.662. The molecule has 0 saturated heterocycles. The molecule has 0 amide bonds. The lowest BCUT2D eigenvalue weighted by atomic mass is 10.2. The molecule has 0 heterocycles. The van der Waals surface area contributed by atoms with Gasteiger partial charge in [-0.1, -0.05) is 26.2 Å². The maximum absolute atomic E-state index is 11.4. The van der Waals surface area contributed by atoms with Crippen LogP contribution >= 0.6 is 0 Å². The molecule has 0 aromatic heterocycles. The van der Waals surface area contributed by atoms with Gasteiger partial charge in [0.05, 0.1) is 5.75 Å². The highest BCUT2D eigenvalue weighted by Crippen LogP contribution is 2.07. The van der Waals surface area contributed by atoms with E-state index in [-0.39, 0.29) is 5.75 Å². The van der Waals surface area contributed by atoms with E-state index >= 15 is 0 Å². The molecule has 0 fully saturated rings. The molecule has 1 N–H and O–H groups in total. The van der Waals surface area contributed by atoms with Gasteiger partial charge in [-0.25, -0.2) is 8.42 Å². The summed E-state index contributed by atoms with van der Waals surface area (Å²) in [6.07, 6.45) is 3.45. The molecule has 0 radical (unpaired) electrons. The molecule has 0 aromatic rings. The normalized spacial score (nSPS) is 13.9. The van der Waals surface area contributed by atoms with Crippen LogP contribution in [0.4, 0.5) is 0 Å². The first-order chi connectivity index (χ1) is 6.41. The molecule has 14 heavy (non-hydrogen) atoms. The predicted molar refractivity (Wildman–Crippen MR) is 55.0 cm³/mol. The molecular weight excluding hydrogens is 204 g/mol. The first-order valence-corrected chi connectivity index (χ1v) is 6.57. The Morgan fingerprint density at radius 1 is 1.29 bits per heavy atom. The maximum Gasteiger partial charge on any atom is 0.321 e. The van der Waals surface area contributed by atoms with Gasteiger partial charge in [-0.2, -0.15) is 0 Å². The van der Waals surface area contributed by atoms with Crippen LogP contribution < -0.4 is 0 Å². The van der Waals surface area contributed by atoms with E-state index in [4.69, 9.17) is 5.11 Å². The van der Waals surface area contributed by atoms with Crippen molar-refractivity contribution in [2.45, 2.75) is 44.8 Å². The van der Waals surface area contributed by atoms with Gasteiger partial charge in [0.25, 0.3) is 0 Å². The second-order valence-electron chi connectivity index (χ2n) is 3.41. The van der Waals surface area contributed by atoms with Crippen molar-refractivity contribution < 1.29 is 18.3 Å². The molecule has 0 rings (SSSR count). The fourth-order valence-electron chi connectivity index (χ4n) is 1.06. The van der Waals surface area contributed by atoms with E-state index < -0.39 is 21.1 Å². The van der Waals surface area contributed by atoms with Crippen LogP contribution in [0.25, 0.3) is 0 Å². The molecule has 4 nitrogen and oxygen atoms in total. The second kappa shape index (κ2) is 6.01. The van der Waals surface area contributed by atoms with E-state index in [9.17, 15) is 13.2 Å². The molecule has 0 aliphatic heterocycles. The number of carboxylic acids is 1. The minimum absolute atomic E-state index is 0.0134. The third-order valence-corrected chi connectivity index (χ3v) is 4.31. The first kappa shape index (κ1) is 13.4. The summed E-state index contributed by atoms with van der Waals surface area (Å²) >= 11 is 0. The summed E-state index contributed by atoms with van der Waals surface area (Å²) in [5.41, 5.74) is 0. The van der Waals surface area contributed by atoms with Crippen LogP contribution in [0.5, 0.6) is 0 Å². The van der Waals surface area contributed by atoms with Gasteiger partial charge in [-0.3, -0.25) is 4.79 Å². The zero-order valence-corrected chi connectivity index (χ0v) is 9.51. The average molecular weight is 222 g/mol. The summed E-state index contributed by atoms with van der Waals surface area (Å²) < 4.78 is 22.7. The third kappa shape index (κ3) is 4.60. The van der Waals surface area contributed by atoms with Crippen molar-refractivity contribution in [2.75, 3.05) is 5.75 Å². The topological polar surface area (TPSA) is 71.4 Å². The summed E-state index contributed by atoms with van der Waals surface area (Å²) in [4.78, 5) is 10.5. The standard InChI is InChI=1S/C9H18O4S/c1-3-4-5-6-7-14(12,13)8(2)9(10)11/h8H,3-7H2,1-2H3,(H,10,11). The summed E-state index contributed by atoms with van der Waals surface area (Å²) in [7, 11) is -3.44. The zero-order valence-electron chi connectivity index (χ0n) is 8.69. The molecule has 0 aliphatic rings. The van der Waals surface area contributed by atoms with Gasteiger partial charge in [0, 0.05) is 0 Å². The van der Waals surface area contributed by atoms with Gasteiger partial charge in [0.2, 0.25) is 0 Å². The molecule has 0 aromatic carbocycles. The molecule has 1 atom stereocenters. The van der Waals surface area contributed by atoms with Crippen LogP contribution in [-0.4, -0.2) is 30.5 Å². The number of hydrogen-bond donors (Lipinski definition) is 1. The summed E-state index contributed by atoms with van der Waals surface area (Å²) in [6, 6.07) is 0. The predicted octanol–water partition coefficient (Wildman–Crippen LogP) is 1.45. The Labute approximate surface area is 85.2 Å². The fraction of sp³-hybridized carbons (Fsp3) is 0.889. The van der Waals surface area contributed by atoms with Crippen LogP contribution in [0.15, 0.2) is 0 Å². The Morgan fingerprint density at radius 3 is 2.29 bits per heavy atom. The monoisotopic (exact) mass is 222 g/mol. The molecule has 5 heteroatoms. The van der Waals surface area contributed by atoms with Crippen molar-refractivity contribution >= 4 is 15.8 Å². The van der Waals surface area contributed by atoms with Gasteiger partial charge >= 0.3 is 5.97 Å². The molecule has 84 valence electrons. The van der Waals surface area contributed by atoms with E-state index in [0.29, 0.717) is 6.42 Å². The minimum atomic E-state index is -3.44. The van der Waals surface area contributed by atoms with Crippen molar-refractivity contribution in [3.8, 4) is 0 Å². The van der Waals surface area contributed by atoms with Crippen LogP contribution in [-0.2, 0) is 14.6 Å². The van der Waals surface area contributed by atoms with Gasteiger partial charge in [-0.05, 0) is 13.3 Å². The smallest absolute Gasteiger partial charge is 0.321 e. The number of sulfone groups is 1. The Bertz CT molecular complexity index is 269. The molecule has 0 saturated carbocycles. The minimum Gasteiger partial charge on any atom is -0.480 e. The molecule has 0 spiro atoms. The number of hydrogen-bond acceptors (Lipinski definition) is 3. The highest BCUT2D eigenvalue weighted by Gasteiger charge is 2.26. The van der Waals surface area contributed by atoms with E-state index in [1.807, 2.05) is 6.92 Å². The summed E-state index contributed by atoms with van der Waals surface area (Å²) in [5.74, 6) is -1.28. The number of rotatable bonds is 7. The highest BCUT2D eigenvalue weighted by molar-refractivity contribution is 7.92. The highest BCUT2D eigenvalue weighted by atomic mass is 32.2. The van der Waals surface area contributed by atoms with Crippen molar-refractivity contribution in [2.24, 2.45) is 0 Å². The van der Waals surface area contributed by atoms with Gasteiger partial charge < -0.3 is 5.11 Å². The number of carboxylic acid groups (broad SMARTS) is 1. The number of unbranched alkanes of at least 4 members (excludes halogenated alkanes) is 3. The maximum atomic E-state index is 11.4. The van der Waals surface area contributed by atoms with E-state index in [0.717, 1.165) is 19.3 Å².